The van der Waals surface area contributed by atoms with Gasteiger partial charge >= 0.3 is 0 Å². The van der Waals surface area contributed by atoms with E-state index in [9.17, 15) is 4.79 Å². The van der Waals surface area contributed by atoms with Crippen molar-refractivity contribution in [1.82, 2.24) is 5.32 Å². The molecule has 0 aromatic heterocycles. The lowest BCUT2D eigenvalue weighted by Crippen LogP contribution is -2.36. The van der Waals surface area contributed by atoms with E-state index in [2.05, 4.69) is 19.2 Å². The summed E-state index contributed by atoms with van der Waals surface area (Å²) in [6.07, 6.45) is 0. The SMILES string of the molecule is Cc1ccc(C(=O)NCC(C)(C)c2ccc(Cl)cc2)cc1. The van der Waals surface area contributed by atoms with Gasteiger partial charge in [0.1, 0.15) is 0 Å². The molecule has 0 aliphatic rings. The van der Waals surface area contributed by atoms with Crippen molar-refractivity contribution in [2.45, 2.75) is 26.2 Å². The predicted octanol–water partition coefficient (Wildman–Crippen LogP) is 4.36. The first-order valence-corrected chi connectivity index (χ1v) is 7.37. The van der Waals surface area contributed by atoms with Crippen molar-refractivity contribution in [3.63, 3.8) is 0 Å². The summed E-state index contributed by atoms with van der Waals surface area (Å²) in [4.78, 5) is 12.2. The average molecular weight is 302 g/mol. The van der Waals surface area contributed by atoms with E-state index in [0.717, 1.165) is 16.1 Å². The van der Waals surface area contributed by atoms with Crippen LogP contribution in [0.25, 0.3) is 0 Å². The molecular formula is C18H20ClNO. The Balaban J connectivity index is 2.02. The third-order valence-electron chi connectivity index (χ3n) is 3.63. The third kappa shape index (κ3) is 4.08. The summed E-state index contributed by atoms with van der Waals surface area (Å²) in [5.41, 5.74) is 2.84. The highest BCUT2D eigenvalue weighted by Crippen LogP contribution is 2.24. The van der Waals surface area contributed by atoms with E-state index in [4.69, 9.17) is 11.6 Å². The molecule has 1 N–H and O–H groups in total. The van der Waals surface area contributed by atoms with Crippen LogP contribution < -0.4 is 5.32 Å². The van der Waals surface area contributed by atoms with E-state index < -0.39 is 0 Å². The van der Waals surface area contributed by atoms with Crippen LogP contribution in [0.4, 0.5) is 0 Å². The number of rotatable bonds is 4. The zero-order valence-electron chi connectivity index (χ0n) is 12.6. The quantitative estimate of drug-likeness (QED) is 0.893. The monoisotopic (exact) mass is 301 g/mol. The van der Waals surface area contributed by atoms with Gasteiger partial charge < -0.3 is 5.32 Å². The fourth-order valence-corrected chi connectivity index (χ4v) is 2.24. The van der Waals surface area contributed by atoms with Crippen LogP contribution in [0.1, 0.15) is 35.3 Å². The zero-order chi connectivity index (χ0) is 15.5. The summed E-state index contributed by atoms with van der Waals surface area (Å²) in [7, 11) is 0. The fraction of sp³-hybridized carbons (Fsp3) is 0.278. The lowest BCUT2D eigenvalue weighted by atomic mass is 9.84. The van der Waals surface area contributed by atoms with Crippen LogP contribution in [0.3, 0.4) is 0 Å². The third-order valence-corrected chi connectivity index (χ3v) is 3.88. The summed E-state index contributed by atoms with van der Waals surface area (Å²) >= 11 is 5.91. The molecule has 0 spiro atoms. The topological polar surface area (TPSA) is 29.1 Å². The summed E-state index contributed by atoms with van der Waals surface area (Å²) in [6.45, 7) is 6.78. The standard InChI is InChI=1S/C18H20ClNO/c1-13-4-6-14(7-5-13)17(21)20-12-18(2,3)15-8-10-16(19)11-9-15/h4-11H,12H2,1-3H3,(H,20,21). The van der Waals surface area contributed by atoms with Gasteiger partial charge in [-0.3, -0.25) is 4.79 Å². The second kappa shape index (κ2) is 6.31. The summed E-state index contributed by atoms with van der Waals surface area (Å²) in [5, 5.41) is 3.72. The maximum absolute atomic E-state index is 12.2. The van der Waals surface area contributed by atoms with Crippen LogP contribution in [-0.4, -0.2) is 12.5 Å². The molecule has 0 aliphatic heterocycles. The Morgan fingerprint density at radius 1 is 1.05 bits per heavy atom. The Morgan fingerprint density at radius 2 is 1.62 bits per heavy atom. The first-order chi connectivity index (χ1) is 9.88. The number of aryl methyl sites for hydroxylation is 1. The zero-order valence-corrected chi connectivity index (χ0v) is 13.4. The molecule has 0 aliphatic carbocycles. The summed E-state index contributed by atoms with van der Waals surface area (Å²) in [6, 6.07) is 15.3. The molecule has 3 heteroatoms. The van der Waals surface area contributed by atoms with Gasteiger partial charge in [-0.15, -0.1) is 0 Å². The van der Waals surface area contributed by atoms with Gasteiger partial charge in [0, 0.05) is 22.5 Å². The maximum atomic E-state index is 12.2. The molecule has 2 rings (SSSR count). The van der Waals surface area contributed by atoms with Crippen LogP contribution >= 0.6 is 11.6 Å². The number of hydrogen-bond donors (Lipinski definition) is 1. The molecule has 0 fully saturated rings. The van der Waals surface area contributed by atoms with Crippen molar-refractivity contribution in [3.05, 3.63) is 70.2 Å². The Hall–Kier alpha value is -1.80. The highest BCUT2D eigenvalue weighted by molar-refractivity contribution is 6.30. The number of amides is 1. The molecule has 0 atom stereocenters. The molecule has 0 saturated carbocycles. The first kappa shape index (κ1) is 15.6. The van der Waals surface area contributed by atoms with Crippen molar-refractivity contribution in [2.24, 2.45) is 0 Å². The first-order valence-electron chi connectivity index (χ1n) is 6.99. The summed E-state index contributed by atoms with van der Waals surface area (Å²) < 4.78 is 0. The molecule has 2 nitrogen and oxygen atoms in total. The van der Waals surface area contributed by atoms with E-state index in [1.54, 1.807) is 0 Å². The van der Waals surface area contributed by atoms with Crippen LogP contribution in [0.2, 0.25) is 5.02 Å². The number of hydrogen-bond acceptors (Lipinski definition) is 1. The van der Waals surface area contributed by atoms with E-state index in [-0.39, 0.29) is 11.3 Å². The Morgan fingerprint density at radius 3 is 2.19 bits per heavy atom. The number of halogens is 1. The maximum Gasteiger partial charge on any atom is 0.251 e. The van der Waals surface area contributed by atoms with E-state index in [1.165, 1.54) is 0 Å². The number of benzene rings is 2. The van der Waals surface area contributed by atoms with Crippen molar-refractivity contribution in [1.29, 1.82) is 0 Å². The molecule has 21 heavy (non-hydrogen) atoms. The fourth-order valence-electron chi connectivity index (χ4n) is 2.11. The van der Waals surface area contributed by atoms with E-state index in [0.29, 0.717) is 12.1 Å². The molecule has 0 bridgehead atoms. The number of carbonyl (C=O) groups excluding carboxylic acids is 1. The minimum absolute atomic E-state index is 0.0444. The molecule has 2 aromatic carbocycles. The molecular weight excluding hydrogens is 282 g/mol. The van der Waals surface area contributed by atoms with Gasteiger partial charge in [-0.2, -0.15) is 0 Å². The van der Waals surface area contributed by atoms with Gasteiger partial charge in [0.2, 0.25) is 0 Å². The minimum Gasteiger partial charge on any atom is -0.351 e. The van der Waals surface area contributed by atoms with Gasteiger partial charge in [-0.25, -0.2) is 0 Å². The molecule has 0 radical (unpaired) electrons. The highest BCUT2D eigenvalue weighted by atomic mass is 35.5. The predicted molar refractivity (Wildman–Crippen MR) is 88.0 cm³/mol. The second-order valence-electron chi connectivity index (χ2n) is 5.94. The molecule has 2 aromatic rings. The van der Waals surface area contributed by atoms with Crippen molar-refractivity contribution >= 4 is 17.5 Å². The Labute approximate surface area is 131 Å². The second-order valence-corrected chi connectivity index (χ2v) is 6.38. The van der Waals surface area contributed by atoms with Crippen molar-refractivity contribution in [2.75, 3.05) is 6.54 Å². The molecule has 0 heterocycles. The molecule has 1 amide bonds. The average Bonchev–Trinajstić information content (AvgIpc) is 2.46. The van der Waals surface area contributed by atoms with Crippen LogP contribution in [0.15, 0.2) is 48.5 Å². The Kier molecular flexibility index (Phi) is 4.69. The van der Waals surface area contributed by atoms with Gasteiger partial charge in [-0.1, -0.05) is 55.3 Å². The van der Waals surface area contributed by atoms with Crippen LogP contribution in [0.5, 0.6) is 0 Å². The smallest absolute Gasteiger partial charge is 0.251 e. The van der Waals surface area contributed by atoms with E-state index in [1.807, 2.05) is 55.5 Å². The van der Waals surface area contributed by atoms with Gasteiger partial charge in [0.25, 0.3) is 5.91 Å². The Bertz CT molecular complexity index is 615. The molecule has 0 saturated heterocycles. The van der Waals surface area contributed by atoms with Crippen LogP contribution in [0, 0.1) is 6.92 Å². The molecule has 110 valence electrons. The van der Waals surface area contributed by atoms with E-state index >= 15 is 0 Å². The van der Waals surface area contributed by atoms with Crippen LogP contribution in [-0.2, 0) is 5.41 Å². The van der Waals surface area contributed by atoms with Gasteiger partial charge in [-0.05, 0) is 36.8 Å². The lowest BCUT2D eigenvalue weighted by Gasteiger charge is -2.25. The lowest BCUT2D eigenvalue weighted by molar-refractivity contribution is 0.0945. The number of carbonyl (C=O) groups is 1. The number of nitrogens with one attached hydrogen (secondary N) is 1. The largest absolute Gasteiger partial charge is 0.351 e. The normalized spacial score (nSPS) is 11.2. The minimum atomic E-state index is -0.148. The van der Waals surface area contributed by atoms with Gasteiger partial charge in [0.05, 0.1) is 0 Å². The van der Waals surface area contributed by atoms with Gasteiger partial charge in [0.15, 0.2) is 0 Å². The molecule has 0 unspecified atom stereocenters. The summed E-state index contributed by atoms with van der Waals surface area (Å²) in [5.74, 6) is -0.0444. The van der Waals surface area contributed by atoms with Crippen molar-refractivity contribution in [3.8, 4) is 0 Å². The highest BCUT2D eigenvalue weighted by Gasteiger charge is 2.21. The van der Waals surface area contributed by atoms with Crippen molar-refractivity contribution < 1.29 is 4.79 Å².